The van der Waals surface area contributed by atoms with E-state index in [1.54, 1.807) is 45.2 Å². The summed E-state index contributed by atoms with van der Waals surface area (Å²) in [5.41, 5.74) is -0.0649. The number of alkyl halides is 1. The topological polar surface area (TPSA) is 67.4 Å². The Bertz CT molecular complexity index is 486. The van der Waals surface area contributed by atoms with Crippen LogP contribution in [0, 0.1) is 5.41 Å². The molecule has 0 aliphatic heterocycles. The minimum atomic E-state index is -0.610. The summed E-state index contributed by atoms with van der Waals surface area (Å²) < 4.78 is 5.03. The van der Waals surface area contributed by atoms with Crippen LogP contribution in [0.25, 0.3) is 0 Å². The summed E-state index contributed by atoms with van der Waals surface area (Å²) in [4.78, 5) is 23.6. The third kappa shape index (κ3) is 5.27. The zero-order valence-corrected chi connectivity index (χ0v) is 13.3. The maximum atomic E-state index is 11.9. The largest absolute Gasteiger partial charge is 0.497 e. The fraction of sp³-hybridized carbons (Fsp3) is 0.467. The third-order valence-electron chi connectivity index (χ3n) is 3.00. The molecule has 1 aromatic rings. The van der Waals surface area contributed by atoms with E-state index in [2.05, 4.69) is 10.6 Å². The summed E-state index contributed by atoms with van der Waals surface area (Å²) in [6.45, 7) is 4.26. The SMILES string of the molecule is COc1ccc(C(=O)NCCNC(=O)C(C)(C)CCl)cc1. The van der Waals surface area contributed by atoms with E-state index in [0.29, 0.717) is 24.4 Å². The molecular formula is C15H21ClN2O3. The number of ether oxygens (including phenoxy) is 1. The van der Waals surface area contributed by atoms with Gasteiger partial charge in [-0.3, -0.25) is 9.59 Å². The summed E-state index contributed by atoms with van der Waals surface area (Å²) in [6, 6.07) is 6.81. The highest BCUT2D eigenvalue weighted by Crippen LogP contribution is 2.16. The molecule has 6 heteroatoms. The number of nitrogens with one attached hydrogen (secondary N) is 2. The van der Waals surface area contributed by atoms with Gasteiger partial charge in [-0.1, -0.05) is 0 Å². The van der Waals surface area contributed by atoms with Gasteiger partial charge in [0.05, 0.1) is 12.5 Å². The number of carbonyl (C=O) groups excluding carboxylic acids is 2. The van der Waals surface area contributed by atoms with E-state index >= 15 is 0 Å². The van der Waals surface area contributed by atoms with Gasteiger partial charge in [-0.15, -0.1) is 11.6 Å². The molecule has 0 aliphatic rings. The smallest absolute Gasteiger partial charge is 0.251 e. The first kappa shape index (κ1) is 17.3. The lowest BCUT2D eigenvalue weighted by Crippen LogP contribution is -2.41. The predicted molar refractivity (Wildman–Crippen MR) is 82.8 cm³/mol. The molecule has 2 N–H and O–H groups in total. The molecule has 0 radical (unpaired) electrons. The number of amides is 2. The van der Waals surface area contributed by atoms with Gasteiger partial charge in [0.25, 0.3) is 5.91 Å². The molecule has 5 nitrogen and oxygen atoms in total. The Morgan fingerprint density at radius 3 is 2.24 bits per heavy atom. The molecule has 0 aliphatic carbocycles. The first-order chi connectivity index (χ1) is 9.90. The number of hydrogen-bond acceptors (Lipinski definition) is 3. The molecule has 0 saturated carbocycles. The molecule has 0 spiro atoms. The quantitative estimate of drug-likeness (QED) is 0.596. The number of benzene rings is 1. The highest BCUT2D eigenvalue weighted by Gasteiger charge is 2.25. The van der Waals surface area contributed by atoms with E-state index < -0.39 is 5.41 Å². The van der Waals surface area contributed by atoms with E-state index in [4.69, 9.17) is 16.3 Å². The van der Waals surface area contributed by atoms with Gasteiger partial charge in [-0.25, -0.2) is 0 Å². The normalized spacial score (nSPS) is 10.9. The minimum absolute atomic E-state index is 0.129. The second-order valence-corrected chi connectivity index (χ2v) is 5.53. The minimum Gasteiger partial charge on any atom is -0.497 e. The van der Waals surface area contributed by atoms with Crippen LogP contribution in [0.4, 0.5) is 0 Å². The van der Waals surface area contributed by atoms with Crippen LogP contribution in [0.15, 0.2) is 24.3 Å². The average molecular weight is 313 g/mol. The van der Waals surface area contributed by atoms with E-state index in [1.807, 2.05) is 0 Å². The number of methoxy groups -OCH3 is 1. The lowest BCUT2D eigenvalue weighted by molar-refractivity contribution is -0.128. The summed E-state index contributed by atoms with van der Waals surface area (Å²) in [7, 11) is 1.57. The summed E-state index contributed by atoms with van der Waals surface area (Å²) in [5.74, 6) is 0.624. The molecule has 2 amide bonds. The maximum absolute atomic E-state index is 11.9. The molecule has 0 atom stereocenters. The Balaban J connectivity index is 2.35. The molecular weight excluding hydrogens is 292 g/mol. The first-order valence-corrected chi connectivity index (χ1v) is 7.20. The standard InChI is InChI=1S/C15H21ClN2O3/c1-15(2,10-16)14(20)18-9-8-17-13(19)11-4-6-12(21-3)7-5-11/h4-7H,8-10H2,1-3H3,(H,17,19)(H,18,20). The fourth-order valence-electron chi connectivity index (χ4n) is 1.50. The average Bonchev–Trinajstić information content (AvgIpc) is 2.51. The van der Waals surface area contributed by atoms with Crippen molar-refractivity contribution in [1.29, 1.82) is 0 Å². The van der Waals surface area contributed by atoms with Gasteiger partial charge in [0.2, 0.25) is 5.91 Å². The molecule has 1 aromatic carbocycles. The summed E-state index contributed by atoms with van der Waals surface area (Å²) >= 11 is 5.72. The van der Waals surface area contributed by atoms with Crippen molar-refractivity contribution in [2.24, 2.45) is 5.41 Å². The lowest BCUT2D eigenvalue weighted by Gasteiger charge is -2.20. The lowest BCUT2D eigenvalue weighted by atomic mass is 9.95. The van der Waals surface area contributed by atoms with Crippen molar-refractivity contribution in [2.75, 3.05) is 26.1 Å². The van der Waals surface area contributed by atoms with Crippen LogP contribution in [-0.4, -0.2) is 37.9 Å². The Morgan fingerprint density at radius 1 is 1.14 bits per heavy atom. The van der Waals surface area contributed by atoms with Crippen molar-refractivity contribution >= 4 is 23.4 Å². The van der Waals surface area contributed by atoms with Crippen LogP contribution in [0.1, 0.15) is 24.2 Å². The van der Waals surface area contributed by atoms with Crippen LogP contribution in [0.2, 0.25) is 0 Å². The van der Waals surface area contributed by atoms with E-state index in [0.717, 1.165) is 0 Å². The Kier molecular flexibility index (Phi) is 6.49. The highest BCUT2D eigenvalue weighted by molar-refractivity contribution is 6.19. The van der Waals surface area contributed by atoms with Crippen molar-refractivity contribution in [1.82, 2.24) is 10.6 Å². The van der Waals surface area contributed by atoms with Gasteiger partial charge in [-0.2, -0.15) is 0 Å². The summed E-state index contributed by atoms with van der Waals surface area (Å²) in [5, 5.41) is 5.47. The maximum Gasteiger partial charge on any atom is 0.251 e. The second-order valence-electron chi connectivity index (χ2n) is 5.26. The highest BCUT2D eigenvalue weighted by atomic mass is 35.5. The first-order valence-electron chi connectivity index (χ1n) is 6.67. The molecule has 1 rings (SSSR count). The molecule has 0 unspecified atom stereocenters. The fourth-order valence-corrected chi connectivity index (χ4v) is 1.62. The molecule has 21 heavy (non-hydrogen) atoms. The van der Waals surface area contributed by atoms with E-state index in [9.17, 15) is 9.59 Å². The number of hydrogen-bond donors (Lipinski definition) is 2. The van der Waals surface area contributed by atoms with Crippen molar-refractivity contribution in [2.45, 2.75) is 13.8 Å². The van der Waals surface area contributed by atoms with Gasteiger partial charge in [-0.05, 0) is 38.1 Å². The van der Waals surface area contributed by atoms with Crippen LogP contribution in [0.3, 0.4) is 0 Å². The number of rotatable bonds is 7. The van der Waals surface area contributed by atoms with Crippen molar-refractivity contribution in [3.8, 4) is 5.75 Å². The van der Waals surface area contributed by atoms with E-state index in [1.165, 1.54) is 0 Å². The van der Waals surface area contributed by atoms with Gasteiger partial charge >= 0.3 is 0 Å². The Labute approximate surface area is 130 Å². The van der Waals surface area contributed by atoms with Gasteiger partial charge in [0, 0.05) is 24.5 Å². The van der Waals surface area contributed by atoms with Crippen molar-refractivity contribution < 1.29 is 14.3 Å². The van der Waals surface area contributed by atoms with Crippen LogP contribution < -0.4 is 15.4 Å². The van der Waals surface area contributed by atoms with Crippen LogP contribution in [-0.2, 0) is 4.79 Å². The monoisotopic (exact) mass is 312 g/mol. The van der Waals surface area contributed by atoms with Gasteiger partial charge in [0.15, 0.2) is 0 Å². The van der Waals surface area contributed by atoms with Gasteiger partial charge in [0.1, 0.15) is 5.75 Å². The Morgan fingerprint density at radius 2 is 1.71 bits per heavy atom. The van der Waals surface area contributed by atoms with Crippen molar-refractivity contribution in [3.63, 3.8) is 0 Å². The molecule has 0 bridgehead atoms. The number of carbonyl (C=O) groups is 2. The zero-order chi connectivity index (χ0) is 15.9. The van der Waals surface area contributed by atoms with Crippen LogP contribution >= 0.6 is 11.6 Å². The van der Waals surface area contributed by atoms with Crippen LogP contribution in [0.5, 0.6) is 5.75 Å². The molecule has 0 aromatic heterocycles. The van der Waals surface area contributed by atoms with Gasteiger partial charge < -0.3 is 15.4 Å². The molecule has 0 fully saturated rings. The zero-order valence-electron chi connectivity index (χ0n) is 12.5. The third-order valence-corrected chi connectivity index (χ3v) is 3.67. The number of halogens is 1. The predicted octanol–water partition coefficient (Wildman–Crippen LogP) is 1.81. The van der Waals surface area contributed by atoms with E-state index in [-0.39, 0.29) is 17.7 Å². The Hall–Kier alpha value is -1.75. The molecule has 0 saturated heterocycles. The summed E-state index contributed by atoms with van der Waals surface area (Å²) in [6.07, 6.45) is 0. The second kappa shape index (κ2) is 7.88. The molecule has 0 heterocycles. The van der Waals surface area contributed by atoms with Crippen molar-refractivity contribution in [3.05, 3.63) is 29.8 Å². The molecule has 116 valence electrons.